The lowest BCUT2D eigenvalue weighted by Gasteiger charge is -2.30. The maximum absolute atomic E-state index is 15.6. The van der Waals surface area contributed by atoms with Gasteiger partial charge >= 0.3 is 0 Å². The summed E-state index contributed by atoms with van der Waals surface area (Å²) in [6.07, 6.45) is 0. The van der Waals surface area contributed by atoms with E-state index in [4.69, 9.17) is 15.0 Å². The first-order chi connectivity index (χ1) is 48.4. The Morgan fingerprint density at radius 2 is 0.535 bits per heavy atom. The van der Waals surface area contributed by atoms with E-state index in [9.17, 15) is 0 Å². The molecule has 0 fully saturated rings. The van der Waals surface area contributed by atoms with Crippen molar-refractivity contribution in [3.05, 3.63) is 288 Å². The monoisotopic (exact) mass is 1280 g/mol. The number of para-hydroxylation sites is 3. The number of imide groups is 3. The first-order valence-corrected chi connectivity index (χ1v) is 32.6. The minimum absolute atomic E-state index is 0.135. The fourth-order valence-electron chi connectivity index (χ4n) is 16.1. The number of carbonyl (C=O) groups excluding carboxylic acids is 6. The predicted octanol–water partition coefficient (Wildman–Crippen LogP) is 17.2. The number of carbonyl (C=O) groups is 6. The molecular formula is C84H49N9O6. The highest BCUT2D eigenvalue weighted by molar-refractivity contribution is 6.39. The Hall–Kier alpha value is -13.5. The SMILES string of the molecule is Cn1c2ccccc2c2cc(-c3ccc4c5c(cccc35)C(=O)N(c3nc(N5C(=O)c6cccc7c(-c8ccc9c(c8)c8ccccc8n9C)ccc(c67)C5=O)nc(N5C(=O)c6cccc7c(-c8ccc9c(c8)c8ccccc8n9Cc8ccccc8)ccc(c67)C5=O)n3)C4=O)ccc21. The number of aromatic nitrogens is 6. The molecule has 13 aromatic carbocycles. The zero-order valence-electron chi connectivity index (χ0n) is 52.9. The van der Waals surface area contributed by atoms with Crippen LogP contribution in [0.2, 0.25) is 0 Å². The van der Waals surface area contributed by atoms with Crippen LogP contribution in [0.15, 0.2) is 249 Å². The van der Waals surface area contributed by atoms with Crippen LogP contribution in [0.5, 0.6) is 0 Å². The molecule has 0 radical (unpaired) electrons. The second kappa shape index (κ2) is 20.5. The van der Waals surface area contributed by atoms with Gasteiger partial charge in [-0.2, -0.15) is 15.0 Å². The first-order valence-electron chi connectivity index (χ1n) is 32.6. The number of nitrogens with zero attached hydrogens (tertiary/aromatic N) is 9. The van der Waals surface area contributed by atoms with Crippen LogP contribution >= 0.6 is 0 Å². The molecule has 0 unspecified atom stereocenters. The minimum Gasteiger partial charge on any atom is -0.344 e. The molecule has 3 aliphatic heterocycles. The Labute approximate surface area is 561 Å². The molecule has 99 heavy (non-hydrogen) atoms. The molecule has 3 aliphatic rings. The number of amides is 6. The number of anilines is 3. The van der Waals surface area contributed by atoms with Crippen LogP contribution in [0.3, 0.4) is 0 Å². The summed E-state index contributed by atoms with van der Waals surface area (Å²) in [4.78, 5) is 110. The summed E-state index contributed by atoms with van der Waals surface area (Å²) < 4.78 is 6.61. The van der Waals surface area contributed by atoms with E-state index in [0.717, 1.165) is 119 Å². The Kier molecular flexibility index (Phi) is 11.6. The van der Waals surface area contributed by atoms with Crippen LogP contribution in [0, 0.1) is 0 Å². The van der Waals surface area contributed by atoms with Gasteiger partial charge in [0.05, 0.1) is 0 Å². The Balaban J connectivity index is 0.722. The van der Waals surface area contributed by atoms with Gasteiger partial charge in [-0.25, -0.2) is 14.7 Å². The Morgan fingerprint density at radius 3 is 0.929 bits per heavy atom. The summed E-state index contributed by atoms with van der Waals surface area (Å²) >= 11 is 0. The average Bonchev–Trinajstić information content (AvgIpc) is 1.61. The molecular weight excluding hydrogens is 1230 g/mol. The van der Waals surface area contributed by atoms with Crippen LogP contribution in [0.25, 0.3) is 131 Å². The third kappa shape index (κ3) is 7.80. The molecule has 4 aromatic heterocycles. The second-order valence-corrected chi connectivity index (χ2v) is 25.7. The van der Waals surface area contributed by atoms with E-state index >= 15 is 28.8 Å². The summed E-state index contributed by atoms with van der Waals surface area (Å²) in [5.74, 6) is -6.91. The van der Waals surface area contributed by atoms with E-state index in [1.165, 1.54) is 0 Å². The molecule has 0 bridgehead atoms. The van der Waals surface area contributed by atoms with Gasteiger partial charge in [0.15, 0.2) is 0 Å². The number of rotatable bonds is 8. The fourth-order valence-corrected chi connectivity index (χ4v) is 16.1. The van der Waals surface area contributed by atoms with E-state index < -0.39 is 53.3 Å². The van der Waals surface area contributed by atoms with Crippen LogP contribution in [-0.4, -0.2) is 64.1 Å². The quantitative estimate of drug-likeness (QED) is 0.135. The molecule has 20 rings (SSSR count). The lowest BCUT2D eigenvalue weighted by Crippen LogP contribution is -2.46. The molecule has 7 heterocycles. The Bertz CT molecular complexity index is 6330. The van der Waals surface area contributed by atoms with Crippen molar-refractivity contribution >= 4 is 151 Å². The molecule has 17 aromatic rings. The second-order valence-electron chi connectivity index (χ2n) is 25.7. The molecule has 0 N–H and O–H groups in total. The van der Waals surface area contributed by atoms with Crippen LogP contribution in [0.4, 0.5) is 17.8 Å². The van der Waals surface area contributed by atoms with Gasteiger partial charge in [0, 0.05) is 136 Å². The molecule has 15 heteroatoms. The number of hydrogen-bond donors (Lipinski definition) is 0. The van der Waals surface area contributed by atoms with Crippen LogP contribution in [0.1, 0.15) is 67.7 Å². The molecule has 0 aliphatic carbocycles. The maximum atomic E-state index is 15.6. The van der Waals surface area contributed by atoms with Crippen molar-refractivity contribution in [2.24, 2.45) is 14.1 Å². The molecule has 0 saturated carbocycles. The molecule has 466 valence electrons. The number of fused-ring (bicyclic) bond motifs is 9. The molecule has 0 spiro atoms. The van der Waals surface area contributed by atoms with Gasteiger partial charge in [-0.15, -0.1) is 0 Å². The largest absolute Gasteiger partial charge is 0.344 e. The van der Waals surface area contributed by atoms with Crippen molar-refractivity contribution < 1.29 is 28.8 Å². The summed E-state index contributed by atoms with van der Waals surface area (Å²) in [6.45, 7) is 0.666. The van der Waals surface area contributed by atoms with Crippen molar-refractivity contribution in [1.29, 1.82) is 0 Å². The van der Waals surface area contributed by atoms with Gasteiger partial charge in [-0.3, -0.25) is 28.8 Å². The third-order valence-electron chi connectivity index (χ3n) is 20.6. The van der Waals surface area contributed by atoms with Crippen molar-refractivity contribution in [2.45, 2.75) is 6.54 Å². The minimum atomic E-state index is -0.834. The van der Waals surface area contributed by atoms with Gasteiger partial charge < -0.3 is 13.7 Å². The van der Waals surface area contributed by atoms with Gasteiger partial charge in [0.25, 0.3) is 35.4 Å². The van der Waals surface area contributed by atoms with Gasteiger partial charge in [-0.05, 0) is 146 Å². The van der Waals surface area contributed by atoms with Crippen LogP contribution in [-0.2, 0) is 20.6 Å². The van der Waals surface area contributed by atoms with Crippen LogP contribution < -0.4 is 14.7 Å². The third-order valence-corrected chi connectivity index (χ3v) is 20.6. The summed E-state index contributed by atoms with van der Waals surface area (Å²) in [5.41, 5.74) is 13.3. The predicted molar refractivity (Wildman–Crippen MR) is 388 cm³/mol. The topological polar surface area (TPSA) is 166 Å². The van der Waals surface area contributed by atoms with E-state index in [-0.39, 0.29) is 33.4 Å². The molecule has 6 amide bonds. The Morgan fingerprint density at radius 1 is 0.253 bits per heavy atom. The zero-order chi connectivity index (χ0) is 66.4. The van der Waals surface area contributed by atoms with Gasteiger partial charge in [0.1, 0.15) is 0 Å². The van der Waals surface area contributed by atoms with Crippen molar-refractivity contribution in [3.63, 3.8) is 0 Å². The summed E-state index contributed by atoms with van der Waals surface area (Å²) in [6, 6.07) is 80.0. The van der Waals surface area contributed by atoms with Crippen molar-refractivity contribution in [3.8, 4) is 33.4 Å². The highest BCUT2D eigenvalue weighted by atomic mass is 16.2. The van der Waals surface area contributed by atoms with E-state index in [1.807, 2.05) is 117 Å². The normalized spacial score (nSPS) is 13.9. The van der Waals surface area contributed by atoms with Crippen molar-refractivity contribution in [1.82, 2.24) is 28.7 Å². The lowest BCUT2D eigenvalue weighted by atomic mass is 9.88. The number of aryl methyl sites for hydroxylation is 2. The number of hydrogen-bond acceptors (Lipinski definition) is 9. The fraction of sp³-hybridized carbons (Fsp3) is 0.0357. The summed E-state index contributed by atoms with van der Waals surface area (Å²) in [5, 5.41) is 9.48. The number of benzene rings is 13. The van der Waals surface area contributed by atoms with Crippen molar-refractivity contribution in [2.75, 3.05) is 14.7 Å². The summed E-state index contributed by atoms with van der Waals surface area (Å²) in [7, 11) is 4.07. The van der Waals surface area contributed by atoms with Gasteiger partial charge in [0.2, 0.25) is 17.8 Å². The maximum Gasteiger partial charge on any atom is 0.268 e. The smallest absolute Gasteiger partial charge is 0.268 e. The first kappa shape index (κ1) is 55.9. The zero-order valence-corrected chi connectivity index (χ0v) is 52.9. The van der Waals surface area contributed by atoms with Gasteiger partial charge in [-0.1, -0.05) is 158 Å². The lowest BCUT2D eigenvalue weighted by molar-refractivity contribution is 0.0879. The standard InChI is InChI=1S/C84H49N9O6/c1-88-67-26-9-6-17-52(67)64-41-46(29-38-69(64)88)49-32-35-61-73-55(49)20-12-23-58(73)76(94)91(79(61)97)82-85-83(92-77(95)59-24-13-21-56-50(33-36-62(74(56)59)80(92)98)47-30-39-70-65(42-47)53-18-7-10-27-68(53)89(70)2)87-84(86-82)93-78(96)60-25-14-22-57-51(34-37-63(75(57)60)81(93)99)48-31-40-72-66(43-48)54-19-8-11-28-71(54)90(72)44-45-15-4-3-5-16-45/h3-43H,44H2,1-2H3. The van der Waals surface area contributed by atoms with E-state index in [2.05, 4.69) is 105 Å². The average molecular weight is 1280 g/mol. The molecule has 15 nitrogen and oxygen atoms in total. The van der Waals surface area contributed by atoms with E-state index in [0.29, 0.717) is 38.9 Å². The molecule has 0 saturated heterocycles. The van der Waals surface area contributed by atoms with E-state index in [1.54, 1.807) is 54.6 Å². The highest BCUT2D eigenvalue weighted by Crippen LogP contribution is 2.45. The highest BCUT2D eigenvalue weighted by Gasteiger charge is 2.44. The molecule has 0 atom stereocenters.